The van der Waals surface area contributed by atoms with Gasteiger partial charge in [-0.05, 0) is 36.6 Å². The van der Waals surface area contributed by atoms with Gasteiger partial charge in [0.15, 0.2) is 5.96 Å². The van der Waals surface area contributed by atoms with Gasteiger partial charge in [-0.3, -0.25) is 0 Å². The number of rotatable bonds is 7. The van der Waals surface area contributed by atoms with E-state index < -0.39 is 0 Å². The van der Waals surface area contributed by atoms with Crippen molar-refractivity contribution in [3.63, 3.8) is 0 Å². The van der Waals surface area contributed by atoms with Crippen LogP contribution >= 0.6 is 0 Å². The molecule has 2 aromatic rings. The molecule has 0 fully saturated rings. The molecular weight excluding hydrogens is 307 g/mol. The fraction of sp³-hybridized carbons (Fsp3) is 0.333. The van der Waals surface area contributed by atoms with Crippen LogP contribution in [0.4, 0.5) is 4.39 Å². The molecule has 24 heavy (non-hydrogen) atoms. The summed E-state index contributed by atoms with van der Waals surface area (Å²) < 4.78 is 18.2. The lowest BCUT2D eigenvalue weighted by Crippen LogP contribution is -2.38. The molecule has 0 spiro atoms. The molecule has 0 unspecified atom stereocenters. The van der Waals surface area contributed by atoms with E-state index in [1.165, 1.54) is 6.07 Å². The Bertz CT molecular complexity index is 658. The van der Waals surface area contributed by atoms with Gasteiger partial charge in [-0.2, -0.15) is 0 Å². The first-order valence-corrected chi connectivity index (χ1v) is 7.97. The second-order valence-electron chi connectivity index (χ2n) is 5.21. The molecule has 5 nitrogen and oxygen atoms in total. The zero-order valence-electron chi connectivity index (χ0n) is 14.1. The highest BCUT2D eigenvalue weighted by Crippen LogP contribution is 2.07. The molecule has 2 rings (SSSR count). The number of benzene rings is 1. The van der Waals surface area contributed by atoms with Gasteiger partial charge in [0.2, 0.25) is 5.88 Å². The van der Waals surface area contributed by atoms with Gasteiger partial charge in [-0.1, -0.05) is 18.2 Å². The van der Waals surface area contributed by atoms with Crippen LogP contribution in [0.25, 0.3) is 0 Å². The first-order chi connectivity index (χ1) is 11.7. The average molecular weight is 330 g/mol. The predicted octanol–water partition coefficient (Wildman–Crippen LogP) is 2.53. The number of nitrogens with zero attached hydrogens (tertiary/aromatic N) is 2. The minimum absolute atomic E-state index is 0.208. The minimum atomic E-state index is -0.208. The van der Waals surface area contributed by atoms with Crippen LogP contribution in [0.2, 0.25) is 0 Å². The Balaban J connectivity index is 1.87. The number of aliphatic imine (C=N–C) groups is 1. The largest absolute Gasteiger partial charge is 0.481 e. The van der Waals surface area contributed by atoms with Gasteiger partial charge in [0.1, 0.15) is 5.82 Å². The van der Waals surface area contributed by atoms with Crippen molar-refractivity contribution in [2.45, 2.75) is 19.9 Å². The number of hydrogen-bond donors (Lipinski definition) is 2. The van der Waals surface area contributed by atoms with E-state index in [9.17, 15) is 4.39 Å². The molecule has 0 aliphatic rings. The summed E-state index contributed by atoms with van der Waals surface area (Å²) >= 11 is 0. The number of hydrogen-bond acceptors (Lipinski definition) is 3. The van der Waals surface area contributed by atoms with Crippen LogP contribution < -0.4 is 15.4 Å². The van der Waals surface area contributed by atoms with Gasteiger partial charge in [0.05, 0.1) is 13.7 Å². The van der Waals surface area contributed by atoms with E-state index in [2.05, 4.69) is 20.6 Å². The highest BCUT2D eigenvalue weighted by molar-refractivity contribution is 5.79. The number of nitrogens with one attached hydrogen (secondary N) is 2. The smallest absolute Gasteiger partial charge is 0.212 e. The summed E-state index contributed by atoms with van der Waals surface area (Å²) in [6, 6.07) is 10.4. The van der Waals surface area contributed by atoms with E-state index in [1.807, 2.05) is 25.1 Å². The fourth-order valence-electron chi connectivity index (χ4n) is 2.16. The van der Waals surface area contributed by atoms with E-state index in [-0.39, 0.29) is 5.82 Å². The second kappa shape index (κ2) is 9.50. The Hall–Kier alpha value is -2.63. The number of halogens is 1. The van der Waals surface area contributed by atoms with Crippen LogP contribution in [0.15, 0.2) is 47.6 Å². The summed E-state index contributed by atoms with van der Waals surface area (Å²) in [5, 5.41) is 6.45. The van der Waals surface area contributed by atoms with E-state index in [1.54, 1.807) is 25.4 Å². The lowest BCUT2D eigenvalue weighted by molar-refractivity contribution is 0.397. The lowest BCUT2D eigenvalue weighted by atomic mass is 10.1. The van der Waals surface area contributed by atoms with Crippen LogP contribution in [0.1, 0.15) is 18.1 Å². The Morgan fingerprint density at radius 2 is 2.08 bits per heavy atom. The van der Waals surface area contributed by atoms with Gasteiger partial charge in [0.25, 0.3) is 0 Å². The van der Waals surface area contributed by atoms with Crippen molar-refractivity contribution in [1.29, 1.82) is 0 Å². The predicted molar refractivity (Wildman–Crippen MR) is 93.7 cm³/mol. The first kappa shape index (κ1) is 17.7. The quantitative estimate of drug-likeness (QED) is 0.605. The normalized spacial score (nSPS) is 11.2. The van der Waals surface area contributed by atoms with Crippen molar-refractivity contribution in [2.75, 3.05) is 20.2 Å². The number of guanidine groups is 1. The average Bonchev–Trinajstić information content (AvgIpc) is 2.60. The number of aromatic nitrogens is 1. The molecule has 128 valence electrons. The summed E-state index contributed by atoms with van der Waals surface area (Å²) in [4.78, 5) is 8.69. The monoisotopic (exact) mass is 330 g/mol. The summed E-state index contributed by atoms with van der Waals surface area (Å²) in [6.07, 6.45) is 2.48. The van der Waals surface area contributed by atoms with Crippen molar-refractivity contribution in [2.24, 2.45) is 4.99 Å². The van der Waals surface area contributed by atoms with Crippen molar-refractivity contribution in [3.8, 4) is 5.88 Å². The van der Waals surface area contributed by atoms with Gasteiger partial charge in [-0.15, -0.1) is 0 Å². The van der Waals surface area contributed by atoms with Crippen LogP contribution in [0, 0.1) is 5.82 Å². The first-order valence-electron chi connectivity index (χ1n) is 7.97. The van der Waals surface area contributed by atoms with Crippen LogP contribution in [-0.2, 0) is 13.0 Å². The summed E-state index contributed by atoms with van der Waals surface area (Å²) in [6.45, 7) is 3.98. The highest BCUT2D eigenvalue weighted by atomic mass is 19.1. The fourth-order valence-corrected chi connectivity index (χ4v) is 2.16. The van der Waals surface area contributed by atoms with Gasteiger partial charge < -0.3 is 15.4 Å². The molecule has 0 saturated carbocycles. The van der Waals surface area contributed by atoms with Crippen molar-refractivity contribution in [1.82, 2.24) is 15.6 Å². The lowest BCUT2D eigenvalue weighted by Gasteiger charge is -2.11. The molecule has 0 aliphatic carbocycles. The SMILES string of the molecule is CCNC(=NCc1ccc(OC)nc1)NCCc1cccc(F)c1. The minimum Gasteiger partial charge on any atom is -0.481 e. The zero-order chi connectivity index (χ0) is 17.2. The van der Waals surface area contributed by atoms with Gasteiger partial charge in [-0.25, -0.2) is 14.4 Å². The molecule has 1 heterocycles. The van der Waals surface area contributed by atoms with Crippen molar-refractivity contribution in [3.05, 3.63) is 59.5 Å². The maximum Gasteiger partial charge on any atom is 0.212 e. The third-order valence-corrected chi connectivity index (χ3v) is 3.37. The molecule has 0 aliphatic heterocycles. The van der Waals surface area contributed by atoms with Crippen LogP contribution in [0.5, 0.6) is 5.88 Å². The molecule has 2 N–H and O–H groups in total. The molecule has 0 bridgehead atoms. The molecule has 0 atom stereocenters. The maximum absolute atomic E-state index is 13.2. The summed E-state index contributed by atoms with van der Waals surface area (Å²) in [7, 11) is 1.59. The van der Waals surface area contributed by atoms with Crippen LogP contribution in [0.3, 0.4) is 0 Å². The Morgan fingerprint density at radius 1 is 1.21 bits per heavy atom. The molecular formula is C18H23FN4O. The van der Waals surface area contributed by atoms with Gasteiger partial charge in [0, 0.05) is 25.4 Å². The third kappa shape index (κ3) is 5.87. The number of methoxy groups -OCH3 is 1. The second-order valence-corrected chi connectivity index (χ2v) is 5.21. The molecule has 6 heteroatoms. The number of pyridine rings is 1. The van der Waals surface area contributed by atoms with Crippen molar-refractivity contribution >= 4 is 5.96 Å². The summed E-state index contributed by atoms with van der Waals surface area (Å²) in [5.41, 5.74) is 1.95. The molecule has 0 amide bonds. The molecule has 0 radical (unpaired) electrons. The van der Waals surface area contributed by atoms with Gasteiger partial charge >= 0.3 is 0 Å². The Kier molecular flexibility index (Phi) is 7.01. The molecule has 1 aromatic carbocycles. The highest BCUT2D eigenvalue weighted by Gasteiger charge is 2.00. The van der Waals surface area contributed by atoms with E-state index >= 15 is 0 Å². The summed E-state index contributed by atoms with van der Waals surface area (Å²) in [5.74, 6) is 1.10. The van der Waals surface area contributed by atoms with E-state index in [0.717, 1.165) is 30.1 Å². The standard InChI is InChI=1S/C18H23FN4O/c1-3-20-18(21-10-9-14-5-4-6-16(19)11-14)23-13-15-7-8-17(24-2)22-12-15/h4-8,11-12H,3,9-10,13H2,1-2H3,(H2,20,21,23). The van der Waals surface area contributed by atoms with E-state index in [0.29, 0.717) is 19.0 Å². The maximum atomic E-state index is 13.2. The topological polar surface area (TPSA) is 58.5 Å². The Labute approximate surface area is 142 Å². The third-order valence-electron chi connectivity index (χ3n) is 3.37. The Morgan fingerprint density at radius 3 is 2.75 bits per heavy atom. The molecule has 1 aromatic heterocycles. The number of ether oxygens (including phenoxy) is 1. The molecule has 0 saturated heterocycles. The van der Waals surface area contributed by atoms with Crippen LogP contribution in [-0.4, -0.2) is 31.1 Å². The zero-order valence-corrected chi connectivity index (χ0v) is 14.1. The van der Waals surface area contributed by atoms with Crippen molar-refractivity contribution < 1.29 is 9.13 Å². The van der Waals surface area contributed by atoms with E-state index in [4.69, 9.17) is 4.74 Å².